The first kappa shape index (κ1) is 10.3. The summed E-state index contributed by atoms with van der Waals surface area (Å²) in [6.07, 6.45) is 0. The van der Waals surface area contributed by atoms with Gasteiger partial charge in [-0.1, -0.05) is 17.4 Å². The van der Waals surface area contributed by atoms with Gasteiger partial charge in [0, 0.05) is 0 Å². The largest absolute Gasteiger partial charge is 0.494 e. The molecule has 0 amide bonds. The molecule has 0 aliphatic rings. The van der Waals surface area contributed by atoms with Gasteiger partial charge in [-0.25, -0.2) is 4.39 Å². The molecule has 0 N–H and O–H groups in total. The predicted molar refractivity (Wildman–Crippen MR) is 56.9 cm³/mol. The van der Waals surface area contributed by atoms with Crippen LogP contribution in [0.5, 0.6) is 5.75 Å². The van der Waals surface area contributed by atoms with Gasteiger partial charge in [0.25, 0.3) is 0 Å². The highest BCUT2D eigenvalue weighted by Gasteiger charge is 2.13. The van der Waals surface area contributed by atoms with Gasteiger partial charge in [0.05, 0.1) is 12.7 Å². The second-order valence-electron chi connectivity index (χ2n) is 2.68. The highest BCUT2D eigenvalue weighted by atomic mass is 35.5. The summed E-state index contributed by atoms with van der Waals surface area (Å²) < 4.78 is 18.9. The average molecular weight is 245 g/mol. The molecular weight excluding hydrogens is 239 g/mol. The first-order valence-electron chi connectivity index (χ1n) is 4.04. The standard InChI is InChI=1S/C9H6ClFN2OS/c1-14-6-4-2-3-5(7(6)11)8-12-13-9(10)15-8/h2-4H,1H3. The lowest BCUT2D eigenvalue weighted by Crippen LogP contribution is -1.90. The Morgan fingerprint density at radius 3 is 2.80 bits per heavy atom. The van der Waals surface area contributed by atoms with Crippen molar-refractivity contribution in [2.45, 2.75) is 0 Å². The lowest BCUT2D eigenvalue weighted by molar-refractivity contribution is 0.387. The summed E-state index contributed by atoms with van der Waals surface area (Å²) in [6, 6.07) is 4.84. The first-order valence-corrected chi connectivity index (χ1v) is 5.23. The second kappa shape index (κ2) is 4.12. The van der Waals surface area contributed by atoms with Crippen LogP contribution in [0.25, 0.3) is 10.6 Å². The number of hydrogen-bond donors (Lipinski definition) is 0. The summed E-state index contributed by atoms with van der Waals surface area (Å²) in [6.45, 7) is 0. The van der Waals surface area contributed by atoms with Gasteiger partial charge >= 0.3 is 0 Å². The molecule has 1 heterocycles. The number of rotatable bonds is 2. The summed E-state index contributed by atoms with van der Waals surface area (Å²) in [5, 5.41) is 7.82. The fourth-order valence-corrected chi connectivity index (χ4v) is 2.00. The topological polar surface area (TPSA) is 35.0 Å². The average Bonchev–Trinajstić information content (AvgIpc) is 2.65. The van der Waals surface area contributed by atoms with E-state index in [-0.39, 0.29) is 10.2 Å². The van der Waals surface area contributed by atoms with Crippen LogP contribution < -0.4 is 4.74 Å². The van der Waals surface area contributed by atoms with Crippen molar-refractivity contribution >= 4 is 22.9 Å². The van der Waals surface area contributed by atoms with E-state index in [1.165, 1.54) is 7.11 Å². The predicted octanol–water partition coefficient (Wildman–Crippen LogP) is 3.01. The zero-order chi connectivity index (χ0) is 10.8. The van der Waals surface area contributed by atoms with E-state index < -0.39 is 5.82 Å². The quantitative estimate of drug-likeness (QED) is 0.815. The van der Waals surface area contributed by atoms with Gasteiger partial charge in [-0.3, -0.25) is 0 Å². The smallest absolute Gasteiger partial charge is 0.207 e. The molecule has 6 heteroatoms. The maximum Gasteiger partial charge on any atom is 0.207 e. The molecule has 0 saturated heterocycles. The van der Waals surface area contributed by atoms with Gasteiger partial charge in [0.1, 0.15) is 0 Å². The third kappa shape index (κ3) is 1.93. The minimum absolute atomic E-state index is 0.179. The molecule has 15 heavy (non-hydrogen) atoms. The van der Waals surface area contributed by atoms with Crippen molar-refractivity contribution < 1.29 is 9.13 Å². The van der Waals surface area contributed by atoms with Crippen LogP contribution in [0.1, 0.15) is 0 Å². The van der Waals surface area contributed by atoms with E-state index in [1.807, 2.05) is 0 Å². The molecule has 1 aromatic carbocycles. The van der Waals surface area contributed by atoms with E-state index in [2.05, 4.69) is 10.2 Å². The van der Waals surface area contributed by atoms with Gasteiger partial charge < -0.3 is 4.74 Å². The molecule has 0 radical (unpaired) electrons. The number of methoxy groups -OCH3 is 1. The second-order valence-corrected chi connectivity index (χ2v) is 4.24. The van der Waals surface area contributed by atoms with E-state index in [0.29, 0.717) is 10.6 Å². The Kier molecular flexibility index (Phi) is 2.83. The van der Waals surface area contributed by atoms with E-state index in [0.717, 1.165) is 11.3 Å². The summed E-state index contributed by atoms with van der Waals surface area (Å²) in [5.41, 5.74) is 0.346. The van der Waals surface area contributed by atoms with Crippen LogP contribution in [0.15, 0.2) is 18.2 Å². The Labute approximate surface area is 94.5 Å². The highest BCUT2D eigenvalue weighted by molar-refractivity contribution is 7.18. The third-order valence-electron chi connectivity index (χ3n) is 1.81. The van der Waals surface area contributed by atoms with Gasteiger partial charge in [0.2, 0.25) is 4.47 Å². The van der Waals surface area contributed by atoms with E-state index in [4.69, 9.17) is 16.3 Å². The Morgan fingerprint density at radius 2 is 2.20 bits per heavy atom. The Bertz CT molecular complexity index is 489. The maximum absolute atomic E-state index is 13.7. The fourth-order valence-electron chi connectivity index (χ4n) is 1.15. The fraction of sp³-hybridized carbons (Fsp3) is 0.111. The zero-order valence-corrected chi connectivity index (χ0v) is 9.27. The minimum Gasteiger partial charge on any atom is -0.494 e. The van der Waals surface area contributed by atoms with Crippen LogP contribution in [0.3, 0.4) is 0 Å². The molecule has 0 atom stereocenters. The van der Waals surface area contributed by atoms with Crippen molar-refractivity contribution in [3.05, 3.63) is 28.5 Å². The van der Waals surface area contributed by atoms with Crippen LogP contribution in [0.2, 0.25) is 4.47 Å². The Balaban J connectivity index is 2.53. The van der Waals surface area contributed by atoms with Crippen molar-refractivity contribution in [2.75, 3.05) is 7.11 Å². The summed E-state index contributed by atoms with van der Waals surface area (Å²) >= 11 is 6.75. The molecule has 0 fully saturated rings. The molecule has 2 aromatic rings. The zero-order valence-electron chi connectivity index (χ0n) is 7.70. The molecule has 0 aliphatic heterocycles. The van der Waals surface area contributed by atoms with Crippen molar-refractivity contribution in [1.29, 1.82) is 0 Å². The van der Waals surface area contributed by atoms with Crippen molar-refractivity contribution in [2.24, 2.45) is 0 Å². The van der Waals surface area contributed by atoms with Crippen LogP contribution in [0.4, 0.5) is 4.39 Å². The summed E-state index contributed by atoms with van der Waals surface area (Å²) in [5.74, 6) is -0.272. The third-order valence-corrected chi connectivity index (χ3v) is 2.87. The summed E-state index contributed by atoms with van der Waals surface area (Å²) in [7, 11) is 1.41. The normalized spacial score (nSPS) is 10.3. The molecule has 0 spiro atoms. The van der Waals surface area contributed by atoms with Gasteiger partial charge in [0.15, 0.2) is 16.6 Å². The van der Waals surface area contributed by atoms with Crippen molar-refractivity contribution in [3.8, 4) is 16.3 Å². The van der Waals surface area contributed by atoms with E-state index >= 15 is 0 Å². The lowest BCUT2D eigenvalue weighted by Gasteiger charge is -2.03. The SMILES string of the molecule is COc1cccc(-c2nnc(Cl)s2)c1F. The lowest BCUT2D eigenvalue weighted by atomic mass is 10.2. The van der Waals surface area contributed by atoms with Crippen molar-refractivity contribution in [3.63, 3.8) is 0 Å². The molecule has 1 aromatic heterocycles. The van der Waals surface area contributed by atoms with Crippen LogP contribution >= 0.6 is 22.9 Å². The molecule has 3 nitrogen and oxygen atoms in total. The summed E-state index contributed by atoms with van der Waals surface area (Å²) in [4.78, 5) is 0. The van der Waals surface area contributed by atoms with Crippen LogP contribution in [-0.2, 0) is 0 Å². The van der Waals surface area contributed by atoms with Gasteiger partial charge in [-0.15, -0.1) is 10.2 Å². The molecule has 0 aliphatic carbocycles. The van der Waals surface area contributed by atoms with Crippen LogP contribution in [0, 0.1) is 5.82 Å². The van der Waals surface area contributed by atoms with E-state index in [9.17, 15) is 4.39 Å². The van der Waals surface area contributed by atoms with Crippen LogP contribution in [-0.4, -0.2) is 17.3 Å². The number of ether oxygens (including phenoxy) is 1. The molecular formula is C9H6ClFN2OS. The number of aromatic nitrogens is 2. The monoisotopic (exact) mass is 244 g/mol. The molecule has 0 bridgehead atoms. The molecule has 78 valence electrons. The van der Waals surface area contributed by atoms with Gasteiger partial charge in [-0.05, 0) is 23.7 Å². The number of hydrogen-bond acceptors (Lipinski definition) is 4. The number of nitrogens with zero attached hydrogens (tertiary/aromatic N) is 2. The Hall–Kier alpha value is -1.20. The molecule has 2 rings (SSSR count). The first-order chi connectivity index (χ1) is 7.22. The number of benzene rings is 1. The molecule has 0 unspecified atom stereocenters. The highest BCUT2D eigenvalue weighted by Crippen LogP contribution is 2.31. The maximum atomic E-state index is 13.7. The molecule has 0 saturated carbocycles. The van der Waals surface area contributed by atoms with Crippen molar-refractivity contribution in [1.82, 2.24) is 10.2 Å². The minimum atomic E-state index is -0.451. The Morgan fingerprint density at radius 1 is 1.40 bits per heavy atom. The van der Waals surface area contributed by atoms with Gasteiger partial charge in [-0.2, -0.15) is 0 Å². The number of halogens is 2. The van der Waals surface area contributed by atoms with E-state index in [1.54, 1.807) is 18.2 Å².